The second kappa shape index (κ2) is 9.75. The molecule has 0 fully saturated rings. The fraction of sp³-hybridized carbons (Fsp3) is 0.412. The molecule has 1 rings (SSSR count). The highest BCUT2D eigenvalue weighted by molar-refractivity contribution is 5.81. The Labute approximate surface area is 126 Å². The van der Waals surface area contributed by atoms with Gasteiger partial charge in [-0.25, -0.2) is 4.79 Å². The highest BCUT2D eigenvalue weighted by atomic mass is 16.5. The van der Waals surface area contributed by atoms with Crippen LogP contribution in [0.15, 0.2) is 36.9 Å². The molecule has 1 aromatic rings. The van der Waals surface area contributed by atoms with Gasteiger partial charge in [0.1, 0.15) is 6.29 Å². The summed E-state index contributed by atoms with van der Waals surface area (Å²) in [5.41, 5.74) is 1.82. The van der Waals surface area contributed by atoms with Crippen molar-refractivity contribution >= 4 is 17.9 Å². The third-order valence-corrected chi connectivity index (χ3v) is 3.26. The van der Waals surface area contributed by atoms with Gasteiger partial charge in [0.25, 0.3) is 0 Å². The van der Waals surface area contributed by atoms with E-state index >= 15 is 0 Å². The molecule has 0 saturated carbocycles. The summed E-state index contributed by atoms with van der Waals surface area (Å²) in [6.45, 7) is 7.79. The first-order valence-electron chi connectivity index (χ1n) is 7.30. The number of nitrogens with zero attached hydrogens (tertiary/aromatic N) is 1. The molecule has 4 heteroatoms. The SMILES string of the molecule is C=CC(=O)OCCCCCN(CC)c1ccc(C=O)cc1. The smallest absolute Gasteiger partial charge is 0.330 e. The summed E-state index contributed by atoms with van der Waals surface area (Å²) < 4.78 is 4.93. The molecule has 0 saturated heterocycles. The lowest BCUT2D eigenvalue weighted by Gasteiger charge is -2.23. The van der Waals surface area contributed by atoms with Gasteiger partial charge in [-0.3, -0.25) is 4.79 Å². The van der Waals surface area contributed by atoms with Crippen molar-refractivity contribution in [2.75, 3.05) is 24.6 Å². The van der Waals surface area contributed by atoms with Crippen molar-refractivity contribution in [1.82, 2.24) is 0 Å². The molecule has 0 heterocycles. The maximum absolute atomic E-state index is 10.9. The van der Waals surface area contributed by atoms with E-state index in [4.69, 9.17) is 4.74 Å². The zero-order chi connectivity index (χ0) is 15.5. The Kier molecular flexibility index (Phi) is 7.87. The first kappa shape index (κ1) is 17.0. The van der Waals surface area contributed by atoms with E-state index in [0.29, 0.717) is 12.2 Å². The number of hydrogen-bond acceptors (Lipinski definition) is 4. The summed E-state index contributed by atoms with van der Waals surface area (Å²) in [5, 5.41) is 0. The number of ether oxygens (including phenoxy) is 1. The first-order valence-corrected chi connectivity index (χ1v) is 7.30. The maximum atomic E-state index is 10.9. The topological polar surface area (TPSA) is 46.6 Å². The number of hydrogen-bond donors (Lipinski definition) is 0. The van der Waals surface area contributed by atoms with Crippen molar-refractivity contribution in [3.63, 3.8) is 0 Å². The van der Waals surface area contributed by atoms with E-state index in [1.807, 2.05) is 24.3 Å². The van der Waals surface area contributed by atoms with Crippen LogP contribution in [0.25, 0.3) is 0 Å². The van der Waals surface area contributed by atoms with Gasteiger partial charge in [-0.2, -0.15) is 0 Å². The van der Waals surface area contributed by atoms with Crippen molar-refractivity contribution in [2.45, 2.75) is 26.2 Å². The van der Waals surface area contributed by atoms with E-state index < -0.39 is 0 Å². The number of esters is 1. The number of rotatable bonds is 10. The van der Waals surface area contributed by atoms with E-state index in [9.17, 15) is 9.59 Å². The lowest BCUT2D eigenvalue weighted by Crippen LogP contribution is -2.23. The minimum Gasteiger partial charge on any atom is -0.463 e. The van der Waals surface area contributed by atoms with Gasteiger partial charge in [-0.15, -0.1) is 0 Å². The van der Waals surface area contributed by atoms with Crippen LogP contribution in [0.1, 0.15) is 36.5 Å². The minimum absolute atomic E-state index is 0.361. The first-order chi connectivity index (χ1) is 10.2. The van der Waals surface area contributed by atoms with Crippen LogP contribution in [0.2, 0.25) is 0 Å². The largest absolute Gasteiger partial charge is 0.463 e. The van der Waals surface area contributed by atoms with Gasteiger partial charge in [0.05, 0.1) is 6.61 Å². The van der Waals surface area contributed by atoms with E-state index in [1.165, 1.54) is 6.08 Å². The summed E-state index contributed by atoms with van der Waals surface area (Å²) in [4.78, 5) is 23.8. The average Bonchev–Trinajstić information content (AvgIpc) is 2.54. The summed E-state index contributed by atoms with van der Waals surface area (Å²) >= 11 is 0. The van der Waals surface area contributed by atoms with Crippen LogP contribution in [0.4, 0.5) is 5.69 Å². The van der Waals surface area contributed by atoms with Gasteiger partial charge >= 0.3 is 5.97 Å². The molecule has 0 aromatic heterocycles. The summed E-state index contributed by atoms with van der Waals surface area (Å²) in [7, 11) is 0. The summed E-state index contributed by atoms with van der Waals surface area (Å²) in [6, 6.07) is 7.61. The predicted octanol–water partition coefficient (Wildman–Crippen LogP) is 3.22. The van der Waals surface area contributed by atoms with Crippen molar-refractivity contribution in [3.05, 3.63) is 42.5 Å². The number of aldehydes is 1. The average molecular weight is 289 g/mol. The fourth-order valence-corrected chi connectivity index (χ4v) is 2.05. The van der Waals surface area contributed by atoms with Crippen LogP contribution in [0.3, 0.4) is 0 Å². The lowest BCUT2D eigenvalue weighted by atomic mass is 10.2. The molecule has 0 aliphatic carbocycles. The van der Waals surface area contributed by atoms with E-state index in [2.05, 4.69) is 18.4 Å². The number of carbonyl (C=O) groups excluding carboxylic acids is 2. The van der Waals surface area contributed by atoms with E-state index in [-0.39, 0.29) is 5.97 Å². The molecule has 0 spiro atoms. The van der Waals surface area contributed by atoms with Gasteiger partial charge in [0.15, 0.2) is 0 Å². The molecule has 0 aliphatic heterocycles. The molecule has 114 valence electrons. The third kappa shape index (κ3) is 6.25. The van der Waals surface area contributed by atoms with Gasteiger partial charge in [-0.1, -0.05) is 6.58 Å². The second-order valence-corrected chi connectivity index (χ2v) is 4.72. The normalized spacial score (nSPS) is 9.95. The lowest BCUT2D eigenvalue weighted by molar-refractivity contribution is -0.137. The van der Waals surface area contributed by atoms with Crippen LogP contribution in [-0.2, 0) is 9.53 Å². The summed E-state index contributed by atoms with van der Waals surface area (Å²) in [5.74, 6) is -0.361. The Morgan fingerprint density at radius 1 is 1.24 bits per heavy atom. The molecule has 0 radical (unpaired) electrons. The monoisotopic (exact) mass is 289 g/mol. The predicted molar refractivity (Wildman–Crippen MR) is 84.7 cm³/mol. The quantitative estimate of drug-likeness (QED) is 0.287. The molecule has 4 nitrogen and oxygen atoms in total. The number of unbranched alkanes of at least 4 members (excludes halogenated alkanes) is 2. The van der Waals surface area contributed by atoms with Gasteiger partial charge in [0.2, 0.25) is 0 Å². The number of carbonyl (C=O) groups is 2. The molecule has 21 heavy (non-hydrogen) atoms. The molecular formula is C17H23NO3. The molecule has 0 amide bonds. The zero-order valence-corrected chi connectivity index (χ0v) is 12.6. The molecular weight excluding hydrogens is 266 g/mol. The van der Waals surface area contributed by atoms with E-state index in [1.54, 1.807) is 0 Å². The number of benzene rings is 1. The van der Waals surface area contributed by atoms with Crippen LogP contribution in [0.5, 0.6) is 0 Å². The molecule has 0 atom stereocenters. The van der Waals surface area contributed by atoms with Crippen LogP contribution in [-0.4, -0.2) is 32.0 Å². The van der Waals surface area contributed by atoms with Crippen molar-refractivity contribution < 1.29 is 14.3 Å². The Hall–Kier alpha value is -2.10. The van der Waals surface area contributed by atoms with Crippen molar-refractivity contribution in [3.8, 4) is 0 Å². The maximum Gasteiger partial charge on any atom is 0.330 e. The highest BCUT2D eigenvalue weighted by Gasteiger charge is 2.04. The minimum atomic E-state index is -0.361. The number of anilines is 1. The standard InChI is InChI=1S/C17H23NO3/c1-3-17(20)21-13-7-5-6-12-18(4-2)16-10-8-15(14-19)9-11-16/h3,8-11,14H,1,4-7,12-13H2,2H3. The van der Waals surface area contributed by atoms with E-state index in [0.717, 1.165) is 44.3 Å². The fourth-order valence-electron chi connectivity index (χ4n) is 2.05. The van der Waals surface area contributed by atoms with Crippen LogP contribution < -0.4 is 4.90 Å². The van der Waals surface area contributed by atoms with Crippen molar-refractivity contribution in [1.29, 1.82) is 0 Å². The Morgan fingerprint density at radius 2 is 1.95 bits per heavy atom. The Bertz CT molecular complexity index is 454. The Morgan fingerprint density at radius 3 is 2.52 bits per heavy atom. The second-order valence-electron chi connectivity index (χ2n) is 4.72. The van der Waals surface area contributed by atoms with Gasteiger partial charge < -0.3 is 9.64 Å². The molecule has 0 N–H and O–H groups in total. The van der Waals surface area contributed by atoms with Crippen LogP contribution in [0, 0.1) is 0 Å². The molecule has 0 bridgehead atoms. The molecule has 1 aromatic carbocycles. The van der Waals surface area contributed by atoms with Crippen molar-refractivity contribution in [2.24, 2.45) is 0 Å². The summed E-state index contributed by atoms with van der Waals surface area (Å²) in [6.07, 6.45) is 4.94. The third-order valence-electron chi connectivity index (χ3n) is 3.26. The van der Waals surface area contributed by atoms with Gasteiger partial charge in [0, 0.05) is 30.4 Å². The van der Waals surface area contributed by atoms with Crippen LogP contribution >= 0.6 is 0 Å². The zero-order valence-electron chi connectivity index (χ0n) is 12.6. The Balaban J connectivity index is 2.29. The molecule has 0 aliphatic rings. The van der Waals surface area contributed by atoms with Gasteiger partial charge in [-0.05, 0) is 50.5 Å². The highest BCUT2D eigenvalue weighted by Crippen LogP contribution is 2.15. The molecule has 0 unspecified atom stereocenters.